The van der Waals surface area contributed by atoms with Crippen LogP contribution in [-0.2, 0) is 10.5 Å². The summed E-state index contributed by atoms with van der Waals surface area (Å²) in [6.45, 7) is 3.66. The fraction of sp³-hybridized carbons (Fsp3) is 0.231. The van der Waals surface area contributed by atoms with Crippen molar-refractivity contribution in [3.63, 3.8) is 0 Å². The lowest BCUT2D eigenvalue weighted by atomic mass is 9.95. The summed E-state index contributed by atoms with van der Waals surface area (Å²) >= 11 is 0. The van der Waals surface area contributed by atoms with Gasteiger partial charge < -0.3 is 0 Å². The molecule has 2 heteroatoms. The van der Waals surface area contributed by atoms with Gasteiger partial charge in [0.2, 0.25) is 0 Å². The van der Waals surface area contributed by atoms with Crippen molar-refractivity contribution in [3.8, 4) is 0 Å². The van der Waals surface area contributed by atoms with Gasteiger partial charge in [0.05, 0.1) is 0 Å². The molecular formula is C13H14O2. The van der Waals surface area contributed by atoms with E-state index in [1.807, 2.05) is 50.2 Å². The van der Waals surface area contributed by atoms with E-state index in [0.29, 0.717) is 0 Å². The summed E-state index contributed by atoms with van der Waals surface area (Å²) in [5.41, 5.74) is 0.299. The van der Waals surface area contributed by atoms with Gasteiger partial charge in [-0.2, -0.15) is 0 Å². The summed E-state index contributed by atoms with van der Waals surface area (Å²) in [5.74, 6) is 0. The Labute approximate surface area is 89.0 Å². The van der Waals surface area contributed by atoms with E-state index in [0.717, 1.165) is 10.9 Å². The Morgan fingerprint density at radius 2 is 1.67 bits per heavy atom. The van der Waals surface area contributed by atoms with E-state index in [4.69, 9.17) is 5.26 Å². The molecule has 0 saturated carbocycles. The molecule has 0 bridgehead atoms. The van der Waals surface area contributed by atoms with Crippen molar-refractivity contribution in [2.24, 2.45) is 0 Å². The van der Waals surface area contributed by atoms with E-state index in [2.05, 4.69) is 11.0 Å². The van der Waals surface area contributed by atoms with Crippen molar-refractivity contribution in [1.29, 1.82) is 0 Å². The Kier molecular flexibility index (Phi) is 2.47. The van der Waals surface area contributed by atoms with Gasteiger partial charge in [-0.3, -0.25) is 5.26 Å². The van der Waals surface area contributed by atoms with Crippen LogP contribution >= 0.6 is 0 Å². The smallest absolute Gasteiger partial charge is 0.123 e. The Balaban J connectivity index is 2.56. The molecule has 2 aromatic rings. The molecule has 0 fully saturated rings. The van der Waals surface area contributed by atoms with Gasteiger partial charge >= 0.3 is 0 Å². The Hall–Kier alpha value is -1.38. The van der Waals surface area contributed by atoms with Crippen LogP contribution in [0.25, 0.3) is 10.8 Å². The summed E-state index contributed by atoms with van der Waals surface area (Å²) in [5, 5.41) is 11.2. The van der Waals surface area contributed by atoms with E-state index in [-0.39, 0.29) is 0 Å². The third-order valence-corrected chi connectivity index (χ3v) is 2.67. The SMILES string of the molecule is CC(C)(OO)c1ccc2ccccc2c1. The average Bonchev–Trinajstić information content (AvgIpc) is 2.28. The van der Waals surface area contributed by atoms with Crippen molar-refractivity contribution in [1.82, 2.24) is 0 Å². The van der Waals surface area contributed by atoms with Crippen LogP contribution in [0.5, 0.6) is 0 Å². The van der Waals surface area contributed by atoms with Gasteiger partial charge in [-0.1, -0.05) is 36.4 Å². The molecule has 0 amide bonds. The van der Waals surface area contributed by atoms with Gasteiger partial charge in [0.25, 0.3) is 0 Å². The van der Waals surface area contributed by atoms with Crippen molar-refractivity contribution in [3.05, 3.63) is 48.0 Å². The lowest BCUT2D eigenvalue weighted by Crippen LogP contribution is -2.19. The molecule has 0 aliphatic heterocycles. The van der Waals surface area contributed by atoms with Gasteiger partial charge in [-0.05, 0) is 36.2 Å². The normalized spacial score (nSPS) is 11.9. The number of hydrogen-bond acceptors (Lipinski definition) is 2. The molecule has 15 heavy (non-hydrogen) atoms. The average molecular weight is 202 g/mol. The fourth-order valence-corrected chi connectivity index (χ4v) is 1.62. The highest BCUT2D eigenvalue weighted by Crippen LogP contribution is 2.26. The summed E-state index contributed by atoms with van der Waals surface area (Å²) in [6.07, 6.45) is 0. The standard InChI is InChI=1S/C13H14O2/c1-13(2,15-14)12-8-7-10-5-3-4-6-11(10)9-12/h3-9,14H,1-2H3. The predicted octanol–water partition coefficient (Wildman–Crippen LogP) is 3.56. The molecule has 1 N–H and O–H groups in total. The molecule has 0 heterocycles. The second kappa shape index (κ2) is 3.65. The summed E-state index contributed by atoms with van der Waals surface area (Å²) in [4.78, 5) is 4.47. The van der Waals surface area contributed by atoms with E-state index >= 15 is 0 Å². The first-order valence-corrected chi connectivity index (χ1v) is 4.95. The Bertz CT molecular complexity index is 475. The highest BCUT2D eigenvalue weighted by Gasteiger charge is 2.21. The molecule has 2 aromatic carbocycles. The molecule has 0 aliphatic carbocycles. The quantitative estimate of drug-likeness (QED) is 0.596. The number of hydrogen-bond donors (Lipinski definition) is 1. The zero-order valence-electron chi connectivity index (χ0n) is 8.90. The van der Waals surface area contributed by atoms with E-state index in [9.17, 15) is 0 Å². The van der Waals surface area contributed by atoms with Crippen LogP contribution in [0.15, 0.2) is 42.5 Å². The zero-order valence-corrected chi connectivity index (χ0v) is 8.90. The van der Waals surface area contributed by atoms with Gasteiger partial charge in [0.1, 0.15) is 5.60 Å². The van der Waals surface area contributed by atoms with Gasteiger partial charge in [-0.25, -0.2) is 4.89 Å². The summed E-state index contributed by atoms with van der Waals surface area (Å²) in [7, 11) is 0. The van der Waals surface area contributed by atoms with Crippen LogP contribution in [0.1, 0.15) is 19.4 Å². The number of rotatable bonds is 2. The molecule has 0 radical (unpaired) electrons. The van der Waals surface area contributed by atoms with Crippen LogP contribution in [-0.4, -0.2) is 5.26 Å². The van der Waals surface area contributed by atoms with E-state index in [1.165, 1.54) is 5.39 Å². The molecule has 78 valence electrons. The van der Waals surface area contributed by atoms with Crippen molar-refractivity contribution in [2.75, 3.05) is 0 Å². The molecule has 0 atom stereocenters. The van der Waals surface area contributed by atoms with Gasteiger partial charge in [0.15, 0.2) is 0 Å². The topological polar surface area (TPSA) is 29.5 Å². The van der Waals surface area contributed by atoms with Crippen LogP contribution in [0.2, 0.25) is 0 Å². The van der Waals surface area contributed by atoms with Gasteiger partial charge in [-0.15, -0.1) is 0 Å². The molecular weight excluding hydrogens is 188 g/mol. The molecule has 0 aliphatic rings. The minimum absolute atomic E-state index is 0.663. The molecule has 2 rings (SSSR count). The van der Waals surface area contributed by atoms with Crippen LogP contribution in [0.4, 0.5) is 0 Å². The summed E-state index contributed by atoms with van der Waals surface area (Å²) < 4.78 is 0. The second-order valence-electron chi connectivity index (χ2n) is 4.16. The van der Waals surface area contributed by atoms with Crippen LogP contribution in [0, 0.1) is 0 Å². The molecule has 0 saturated heterocycles. The van der Waals surface area contributed by atoms with Crippen LogP contribution < -0.4 is 0 Å². The first kappa shape index (κ1) is 10.1. The second-order valence-corrected chi connectivity index (χ2v) is 4.16. The molecule has 0 aromatic heterocycles. The molecule has 0 unspecified atom stereocenters. The lowest BCUT2D eigenvalue weighted by molar-refractivity contribution is -0.318. The maximum Gasteiger partial charge on any atom is 0.123 e. The van der Waals surface area contributed by atoms with Crippen molar-refractivity contribution < 1.29 is 10.1 Å². The third-order valence-electron chi connectivity index (χ3n) is 2.67. The Morgan fingerprint density at radius 3 is 2.33 bits per heavy atom. The highest BCUT2D eigenvalue weighted by molar-refractivity contribution is 5.83. The van der Waals surface area contributed by atoms with E-state index < -0.39 is 5.60 Å². The third kappa shape index (κ3) is 1.87. The maximum atomic E-state index is 8.82. The molecule has 0 spiro atoms. The number of benzene rings is 2. The van der Waals surface area contributed by atoms with E-state index in [1.54, 1.807) is 0 Å². The van der Waals surface area contributed by atoms with Crippen molar-refractivity contribution in [2.45, 2.75) is 19.4 Å². The minimum Gasteiger partial charge on any atom is -0.251 e. The zero-order chi connectivity index (χ0) is 10.9. The summed E-state index contributed by atoms with van der Waals surface area (Å²) in [6, 6.07) is 14.2. The lowest BCUT2D eigenvalue weighted by Gasteiger charge is -2.21. The van der Waals surface area contributed by atoms with Crippen molar-refractivity contribution >= 4 is 10.8 Å². The Morgan fingerprint density at radius 1 is 1.00 bits per heavy atom. The number of fused-ring (bicyclic) bond motifs is 1. The van der Waals surface area contributed by atoms with Crippen LogP contribution in [0.3, 0.4) is 0 Å². The predicted molar refractivity (Wildman–Crippen MR) is 60.7 cm³/mol. The highest BCUT2D eigenvalue weighted by atomic mass is 17.1. The minimum atomic E-state index is -0.663. The fourth-order valence-electron chi connectivity index (χ4n) is 1.62. The first-order valence-electron chi connectivity index (χ1n) is 4.95. The molecule has 2 nitrogen and oxygen atoms in total. The maximum absolute atomic E-state index is 8.82. The van der Waals surface area contributed by atoms with Gasteiger partial charge in [0, 0.05) is 0 Å². The largest absolute Gasteiger partial charge is 0.251 e. The monoisotopic (exact) mass is 202 g/mol. The first-order chi connectivity index (χ1) is 7.13.